The highest BCUT2D eigenvalue weighted by molar-refractivity contribution is 14.1. The third-order valence-corrected chi connectivity index (χ3v) is 5.48. The van der Waals surface area contributed by atoms with Gasteiger partial charge in [-0.1, -0.05) is 0 Å². The maximum atomic E-state index is 12.2. The Balaban J connectivity index is 2.26. The van der Waals surface area contributed by atoms with Crippen LogP contribution in [0.5, 0.6) is 17.2 Å². The van der Waals surface area contributed by atoms with Gasteiger partial charge in [-0.3, -0.25) is 0 Å². The van der Waals surface area contributed by atoms with Gasteiger partial charge in [0.1, 0.15) is 17.2 Å². The SMILES string of the molecule is CS(=O)(=O)c1ccc(Oc2ccc(OC(F)(F)F)cc2I)c(I)c1. The van der Waals surface area contributed by atoms with Crippen LogP contribution in [0.2, 0.25) is 0 Å². The molecule has 0 amide bonds. The van der Waals surface area contributed by atoms with Crippen LogP contribution in [0, 0.1) is 7.14 Å². The Kier molecular flexibility index (Phi) is 5.90. The van der Waals surface area contributed by atoms with E-state index in [0.717, 1.165) is 12.3 Å². The molecule has 0 saturated carbocycles. The summed E-state index contributed by atoms with van der Waals surface area (Å²) in [6.07, 6.45) is -3.66. The average Bonchev–Trinajstić information content (AvgIpc) is 2.40. The number of alkyl halides is 3. The van der Waals surface area contributed by atoms with E-state index >= 15 is 0 Å². The summed E-state index contributed by atoms with van der Waals surface area (Å²) >= 11 is 3.75. The Morgan fingerprint density at radius 2 is 1.50 bits per heavy atom. The topological polar surface area (TPSA) is 52.6 Å². The summed E-state index contributed by atoms with van der Waals surface area (Å²) in [5.74, 6) is 0.377. The van der Waals surface area contributed by atoms with E-state index in [1.54, 1.807) is 0 Å². The largest absolute Gasteiger partial charge is 0.573 e. The van der Waals surface area contributed by atoms with Crippen molar-refractivity contribution >= 4 is 55.0 Å². The van der Waals surface area contributed by atoms with Crippen LogP contribution < -0.4 is 9.47 Å². The number of hydrogen-bond donors (Lipinski definition) is 0. The Labute approximate surface area is 163 Å². The second-order valence-corrected chi connectivity index (χ2v) is 8.95. The summed E-state index contributed by atoms with van der Waals surface area (Å²) in [7, 11) is -3.33. The lowest BCUT2D eigenvalue weighted by atomic mass is 10.3. The van der Waals surface area contributed by atoms with Gasteiger partial charge >= 0.3 is 6.36 Å². The van der Waals surface area contributed by atoms with Gasteiger partial charge < -0.3 is 9.47 Å². The second-order valence-electron chi connectivity index (χ2n) is 4.61. The zero-order valence-electron chi connectivity index (χ0n) is 11.9. The number of hydrogen-bond acceptors (Lipinski definition) is 4. The van der Waals surface area contributed by atoms with Gasteiger partial charge in [-0.2, -0.15) is 0 Å². The van der Waals surface area contributed by atoms with Crippen molar-refractivity contribution in [1.82, 2.24) is 0 Å². The van der Waals surface area contributed by atoms with E-state index < -0.39 is 16.2 Å². The van der Waals surface area contributed by atoms with Gasteiger partial charge in [0, 0.05) is 6.26 Å². The molecule has 0 aliphatic carbocycles. The van der Waals surface area contributed by atoms with Gasteiger partial charge in [-0.05, 0) is 81.6 Å². The highest BCUT2D eigenvalue weighted by Gasteiger charge is 2.31. The molecule has 24 heavy (non-hydrogen) atoms. The minimum absolute atomic E-state index is 0.155. The number of benzene rings is 2. The van der Waals surface area contributed by atoms with Gasteiger partial charge in [0.25, 0.3) is 0 Å². The molecule has 130 valence electrons. The molecule has 4 nitrogen and oxygen atoms in total. The highest BCUT2D eigenvalue weighted by Crippen LogP contribution is 2.34. The molecule has 0 spiro atoms. The normalized spacial score (nSPS) is 12.1. The number of halogens is 5. The first kappa shape index (κ1) is 19.6. The first-order chi connectivity index (χ1) is 11.0. The highest BCUT2D eigenvalue weighted by atomic mass is 127. The predicted octanol–water partition coefficient (Wildman–Crippen LogP) is 4.99. The van der Waals surface area contributed by atoms with Crippen molar-refractivity contribution in [2.24, 2.45) is 0 Å². The van der Waals surface area contributed by atoms with Crippen LogP contribution in [-0.4, -0.2) is 21.0 Å². The Morgan fingerprint density at radius 1 is 0.958 bits per heavy atom. The Hall–Kier alpha value is -0.760. The van der Waals surface area contributed by atoms with Crippen LogP contribution in [0.3, 0.4) is 0 Å². The third-order valence-electron chi connectivity index (χ3n) is 2.69. The van der Waals surface area contributed by atoms with E-state index in [9.17, 15) is 21.6 Å². The molecule has 0 bridgehead atoms. The van der Waals surface area contributed by atoms with E-state index in [0.29, 0.717) is 18.6 Å². The van der Waals surface area contributed by atoms with Crippen LogP contribution in [0.25, 0.3) is 0 Å². The molecular weight excluding hydrogens is 575 g/mol. The van der Waals surface area contributed by atoms with Crippen molar-refractivity contribution in [3.8, 4) is 17.2 Å². The number of rotatable bonds is 4. The van der Waals surface area contributed by atoms with Crippen molar-refractivity contribution in [3.63, 3.8) is 0 Å². The van der Waals surface area contributed by atoms with E-state index in [2.05, 4.69) is 4.74 Å². The smallest absolute Gasteiger partial charge is 0.455 e. The van der Waals surface area contributed by atoms with Crippen LogP contribution in [0.4, 0.5) is 13.2 Å². The van der Waals surface area contributed by atoms with Crippen LogP contribution in [0.15, 0.2) is 41.3 Å². The molecule has 2 rings (SSSR count). The summed E-state index contributed by atoms with van der Waals surface area (Å²) in [6.45, 7) is 0. The Bertz CT molecular complexity index is 867. The Morgan fingerprint density at radius 3 is 1.96 bits per heavy atom. The van der Waals surface area contributed by atoms with Gasteiger partial charge in [0.2, 0.25) is 0 Å². The van der Waals surface area contributed by atoms with Crippen LogP contribution >= 0.6 is 45.2 Å². The summed E-state index contributed by atoms with van der Waals surface area (Å²) in [5, 5.41) is 0. The summed E-state index contributed by atoms with van der Waals surface area (Å²) in [5.41, 5.74) is 0. The van der Waals surface area contributed by atoms with Crippen molar-refractivity contribution in [1.29, 1.82) is 0 Å². The van der Waals surface area contributed by atoms with Crippen LogP contribution in [0.1, 0.15) is 0 Å². The maximum absolute atomic E-state index is 12.2. The molecule has 0 radical (unpaired) electrons. The van der Waals surface area contributed by atoms with E-state index in [4.69, 9.17) is 4.74 Å². The first-order valence-corrected chi connectivity index (χ1v) is 10.2. The van der Waals surface area contributed by atoms with Gasteiger partial charge in [-0.15, -0.1) is 13.2 Å². The van der Waals surface area contributed by atoms with Crippen molar-refractivity contribution in [2.75, 3.05) is 6.26 Å². The van der Waals surface area contributed by atoms with Crippen molar-refractivity contribution in [3.05, 3.63) is 43.5 Å². The molecule has 0 atom stereocenters. The molecular formula is C14H9F3I2O4S. The van der Waals surface area contributed by atoms with Crippen LogP contribution in [-0.2, 0) is 9.84 Å². The maximum Gasteiger partial charge on any atom is 0.573 e. The number of ether oxygens (including phenoxy) is 2. The quantitative estimate of drug-likeness (QED) is 0.476. The molecule has 10 heteroatoms. The van der Waals surface area contributed by atoms with Gasteiger partial charge in [0.05, 0.1) is 12.0 Å². The fourth-order valence-electron chi connectivity index (χ4n) is 1.67. The molecule has 2 aromatic rings. The first-order valence-electron chi connectivity index (χ1n) is 6.18. The lowest BCUT2D eigenvalue weighted by Gasteiger charge is -2.13. The average molecular weight is 584 g/mol. The monoisotopic (exact) mass is 584 g/mol. The van der Waals surface area contributed by atoms with E-state index in [-0.39, 0.29) is 10.6 Å². The number of sulfone groups is 1. The summed E-state index contributed by atoms with van der Waals surface area (Å²) in [6, 6.07) is 8.04. The van der Waals surface area contributed by atoms with Gasteiger partial charge in [-0.25, -0.2) is 8.42 Å². The standard InChI is InChI=1S/C14H9F3I2O4S/c1-24(20,21)9-3-5-13(11(19)7-9)22-12-4-2-8(6-10(12)18)23-14(15,16)17/h2-7H,1H3. The molecule has 0 fully saturated rings. The van der Waals surface area contributed by atoms with E-state index in [1.807, 2.05) is 45.2 Å². The molecule has 0 N–H and O–H groups in total. The second kappa shape index (κ2) is 7.23. The zero-order chi connectivity index (χ0) is 18.1. The van der Waals surface area contributed by atoms with Gasteiger partial charge in [0.15, 0.2) is 9.84 Å². The zero-order valence-corrected chi connectivity index (χ0v) is 17.0. The fourth-order valence-corrected chi connectivity index (χ4v) is 3.76. The summed E-state index contributed by atoms with van der Waals surface area (Å²) in [4.78, 5) is 0.155. The summed E-state index contributed by atoms with van der Waals surface area (Å²) < 4.78 is 70.1. The van der Waals surface area contributed by atoms with Crippen molar-refractivity contribution < 1.29 is 31.1 Å². The van der Waals surface area contributed by atoms with E-state index in [1.165, 1.54) is 30.3 Å². The minimum atomic E-state index is -4.76. The minimum Gasteiger partial charge on any atom is -0.455 e. The molecule has 0 heterocycles. The fraction of sp³-hybridized carbons (Fsp3) is 0.143. The molecule has 0 saturated heterocycles. The molecule has 0 aliphatic rings. The molecule has 0 aromatic heterocycles. The molecule has 0 unspecified atom stereocenters. The molecule has 2 aromatic carbocycles. The molecule has 0 aliphatic heterocycles. The van der Waals surface area contributed by atoms with Crippen molar-refractivity contribution in [2.45, 2.75) is 11.3 Å². The lowest BCUT2D eigenvalue weighted by Crippen LogP contribution is -2.17. The third kappa shape index (κ3) is 5.37. The predicted molar refractivity (Wildman–Crippen MR) is 98.2 cm³/mol. The lowest BCUT2D eigenvalue weighted by molar-refractivity contribution is -0.274.